The third-order valence-corrected chi connectivity index (χ3v) is 6.74. The number of nitrogens with zero attached hydrogens (tertiary/aromatic N) is 1. The van der Waals surface area contributed by atoms with Crippen LogP contribution < -0.4 is 9.47 Å². The van der Waals surface area contributed by atoms with Gasteiger partial charge in [-0.1, -0.05) is 54.1 Å². The lowest BCUT2D eigenvalue weighted by Gasteiger charge is -2.19. The van der Waals surface area contributed by atoms with Crippen molar-refractivity contribution in [1.29, 1.82) is 0 Å². The second kappa shape index (κ2) is 16.0. The number of unbranched alkanes of at least 4 members (excludes halogenated alkanes) is 1. The number of allylic oxidation sites excluding steroid dienone is 2. The Morgan fingerprint density at radius 3 is 2.62 bits per heavy atom. The highest BCUT2D eigenvalue weighted by Crippen LogP contribution is 2.36. The highest BCUT2D eigenvalue weighted by atomic mass is 35.5. The molecular formula is C29H34ClNO9. The van der Waals surface area contributed by atoms with Gasteiger partial charge in [-0.25, -0.2) is 0 Å². The quantitative estimate of drug-likeness (QED) is 0.0700. The molecule has 3 rings (SSSR count). The van der Waals surface area contributed by atoms with Crippen LogP contribution in [0.25, 0.3) is 0 Å². The number of carbonyl (C=O) groups excluding carboxylic acids is 1. The molecule has 0 saturated heterocycles. The Hall–Kier alpha value is -3.44. The van der Waals surface area contributed by atoms with Crippen LogP contribution in [0, 0.1) is 22.0 Å². The molecule has 40 heavy (non-hydrogen) atoms. The summed E-state index contributed by atoms with van der Waals surface area (Å²) in [7, 11) is 0. The maximum absolute atomic E-state index is 12.1. The minimum absolute atomic E-state index is 0.0272. The van der Waals surface area contributed by atoms with Crippen molar-refractivity contribution in [2.45, 2.75) is 57.0 Å². The third kappa shape index (κ3) is 10.6. The highest BCUT2D eigenvalue weighted by molar-refractivity contribution is 6.30. The summed E-state index contributed by atoms with van der Waals surface area (Å²) in [5.41, 5.74) is 0.582. The van der Waals surface area contributed by atoms with Crippen LogP contribution in [-0.2, 0) is 16.2 Å². The first-order chi connectivity index (χ1) is 19.2. The molecule has 1 aliphatic carbocycles. The molecule has 0 aromatic heterocycles. The van der Waals surface area contributed by atoms with E-state index in [2.05, 4.69) is 4.84 Å². The Labute approximate surface area is 237 Å². The molecule has 0 amide bonds. The number of carbonyl (C=O) groups is 1. The first kappa shape index (κ1) is 31.1. The molecule has 0 heterocycles. The van der Waals surface area contributed by atoms with Crippen molar-refractivity contribution in [3.05, 3.63) is 93.5 Å². The first-order valence-corrected chi connectivity index (χ1v) is 13.4. The van der Waals surface area contributed by atoms with E-state index in [1.807, 2.05) is 12.2 Å². The monoisotopic (exact) mass is 575 g/mol. The molecule has 0 spiro atoms. The Morgan fingerprint density at radius 1 is 1.12 bits per heavy atom. The van der Waals surface area contributed by atoms with Crippen LogP contribution in [0.4, 0.5) is 0 Å². The van der Waals surface area contributed by atoms with Crippen LogP contribution in [0.3, 0.4) is 0 Å². The van der Waals surface area contributed by atoms with Gasteiger partial charge in [-0.3, -0.25) is 4.79 Å². The largest absolute Gasteiger partial charge is 0.491 e. The van der Waals surface area contributed by atoms with Gasteiger partial charge in [-0.2, -0.15) is 0 Å². The molecule has 1 aliphatic rings. The fourth-order valence-corrected chi connectivity index (χ4v) is 4.64. The standard InChI is InChI=1S/C29H34ClNO9/c30-21-6-5-7-24(16-21)38-19-22(32)12-15-26-25(27(33)17-28(26)34)8-3-1-2-4-9-29(35)40-23-13-10-20(11-14-23)18-39-31(36)37/h1,3,5-7,10-16,22,25-28,32-34H,2,4,8-9,17-19H2/b3-1-,15-12+/t22-,25-,26-,27+,28-/m1/s1. The molecule has 216 valence electrons. The summed E-state index contributed by atoms with van der Waals surface area (Å²) < 4.78 is 10.8. The van der Waals surface area contributed by atoms with Crippen molar-refractivity contribution < 1.29 is 39.5 Å². The number of aliphatic hydroxyl groups excluding tert-OH is 3. The zero-order valence-electron chi connectivity index (χ0n) is 21.9. The van der Waals surface area contributed by atoms with Crippen LogP contribution in [0.5, 0.6) is 11.5 Å². The van der Waals surface area contributed by atoms with E-state index >= 15 is 0 Å². The normalized spacial score (nSPS) is 21.5. The van der Waals surface area contributed by atoms with E-state index in [4.69, 9.17) is 21.1 Å². The molecule has 0 unspecified atom stereocenters. The second-order valence-electron chi connectivity index (χ2n) is 9.55. The molecule has 0 radical (unpaired) electrons. The summed E-state index contributed by atoms with van der Waals surface area (Å²) >= 11 is 5.93. The van der Waals surface area contributed by atoms with E-state index in [1.165, 1.54) is 0 Å². The highest BCUT2D eigenvalue weighted by Gasteiger charge is 2.39. The van der Waals surface area contributed by atoms with Crippen molar-refractivity contribution in [2.75, 3.05) is 6.61 Å². The Kier molecular flexibility index (Phi) is 12.4. The molecule has 10 nitrogen and oxygen atoms in total. The summed E-state index contributed by atoms with van der Waals surface area (Å²) in [6.45, 7) is -0.150. The van der Waals surface area contributed by atoms with Gasteiger partial charge < -0.3 is 29.6 Å². The maximum atomic E-state index is 12.1. The lowest BCUT2D eigenvalue weighted by Crippen LogP contribution is -2.21. The molecule has 3 N–H and O–H groups in total. The molecular weight excluding hydrogens is 542 g/mol. The lowest BCUT2D eigenvalue weighted by molar-refractivity contribution is -0.763. The van der Waals surface area contributed by atoms with E-state index in [0.29, 0.717) is 41.3 Å². The van der Waals surface area contributed by atoms with Crippen LogP contribution >= 0.6 is 11.6 Å². The SMILES string of the molecule is O=C(CCC/C=C\C[C@@H]1[C@@H](/C=C/[C@@H](O)COc2cccc(Cl)c2)[C@H](O)C[C@@H]1O)Oc1ccc(CO[N+](=O)[O-])cc1. The van der Waals surface area contributed by atoms with Gasteiger partial charge in [-0.05, 0) is 61.1 Å². The molecule has 0 bridgehead atoms. The Bertz CT molecular complexity index is 1150. The Balaban J connectivity index is 1.37. The van der Waals surface area contributed by atoms with Crippen molar-refractivity contribution >= 4 is 17.6 Å². The van der Waals surface area contributed by atoms with Crippen molar-refractivity contribution in [1.82, 2.24) is 0 Å². The van der Waals surface area contributed by atoms with Crippen molar-refractivity contribution in [3.8, 4) is 11.5 Å². The number of ether oxygens (including phenoxy) is 2. The van der Waals surface area contributed by atoms with Gasteiger partial charge in [0.05, 0.1) is 12.2 Å². The van der Waals surface area contributed by atoms with Gasteiger partial charge in [0.25, 0.3) is 5.09 Å². The number of rotatable bonds is 15. The zero-order valence-corrected chi connectivity index (χ0v) is 22.6. The predicted molar refractivity (Wildman–Crippen MR) is 147 cm³/mol. The summed E-state index contributed by atoms with van der Waals surface area (Å²) in [6, 6.07) is 13.1. The number of hydrogen-bond donors (Lipinski definition) is 3. The van der Waals surface area contributed by atoms with E-state index in [0.717, 1.165) is 0 Å². The number of hydrogen-bond acceptors (Lipinski definition) is 9. The van der Waals surface area contributed by atoms with E-state index in [1.54, 1.807) is 60.7 Å². The van der Waals surface area contributed by atoms with Crippen LogP contribution in [0.2, 0.25) is 5.02 Å². The molecule has 1 fully saturated rings. The first-order valence-electron chi connectivity index (χ1n) is 13.0. The maximum Gasteiger partial charge on any atom is 0.311 e. The molecule has 1 saturated carbocycles. The molecule has 5 atom stereocenters. The van der Waals surface area contributed by atoms with Crippen molar-refractivity contribution in [2.24, 2.45) is 11.8 Å². The topological polar surface area (TPSA) is 149 Å². The Morgan fingerprint density at radius 2 is 1.90 bits per heavy atom. The number of benzene rings is 2. The molecule has 2 aromatic carbocycles. The van der Waals surface area contributed by atoms with Gasteiger partial charge in [0.1, 0.15) is 30.8 Å². The summed E-state index contributed by atoms with van der Waals surface area (Å²) in [5, 5.41) is 41.0. The van der Waals surface area contributed by atoms with Crippen molar-refractivity contribution in [3.63, 3.8) is 0 Å². The summed E-state index contributed by atoms with van der Waals surface area (Å²) in [5.74, 6) is -0.0103. The number of aliphatic hydroxyl groups is 3. The van der Waals surface area contributed by atoms with Gasteiger partial charge in [0, 0.05) is 23.8 Å². The van der Waals surface area contributed by atoms with Crippen LogP contribution in [-0.4, -0.2) is 51.3 Å². The predicted octanol–water partition coefficient (Wildman–Crippen LogP) is 4.42. The minimum atomic E-state index is -0.889. The van der Waals surface area contributed by atoms with Gasteiger partial charge in [0.2, 0.25) is 0 Å². The molecule has 2 aromatic rings. The lowest BCUT2D eigenvalue weighted by atomic mass is 9.89. The van der Waals surface area contributed by atoms with E-state index in [-0.39, 0.29) is 43.9 Å². The third-order valence-electron chi connectivity index (χ3n) is 6.51. The molecule has 11 heteroatoms. The van der Waals surface area contributed by atoms with E-state index in [9.17, 15) is 30.2 Å². The number of halogens is 1. The van der Waals surface area contributed by atoms with Gasteiger partial charge in [-0.15, -0.1) is 10.1 Å². The fourth-order valence-electron chi connectivity index (χ4n) is 4.46. The minimum Gasteiger partial charge on any atom is -0.491 e. The second-order valence-corrected chi connectivity index (χ2v) is 9.98. The average Bonchev–Trinajstić information content (AvgIpc) is 3.19. The fraction of sp³-hybridized carbons (Fsp3) is 0.414. The smallest absolute Gasteiger partial charge is 0.311 e. The van der Waals surface area contributed by atoms with Gasteiger partial charge in [0.15, 0.2) is 0 Å². The molecule has 0 aliphatic heterocycles. The average molecular weight is 576 g/mol. The summed E-state index contributed by atoms with van der Waals surface area (Å²) in [6.07, 6.45) is 7.14. The summed E-state index contributed by atoms with van der Waals surface area (Å²) in [4.78, 5) is 26.6. The number of esters is 1. The van der Waals surface area contributed by atoms with Gasteiger partial charge >= 0.3 is 5.97 Å². The van der Waals surface area contributed by atoms with Crippen LogP contribution in [0.15, 0.2) is 72.8 Å². The zero-order chi connectivity index (χ0) is 28.9. The van der Waals surface area contributed by atoms with E-state index < -0.39 is 23.4 Å². The van der Waals surface area contributed by atoms with Crippen LogP contribution in [0.1, 0.15) is 37.7 Å².